The summed E-state index contributed by atoms with van der Waals surface area (Å²) in [6.07, 6.45) is 1.93. The maximum Gasteiger partial charge on any atom is 0.322 e. The highest BCUT2D eigenvalue weighted by Gasteiger charge is 2.41. The van der Waals surface area contributed by atoms with Gasteiger partial charge in [-0.3, -0.25) is 67.1 Å². The number of nitrogens with zero attached hydrogens (tertiary/aromatic N) is 2. The van der Waals surface area contributed by atoms with Crippen molar-refractivity contribution in [2.45, 2.75) is 193 Å². The minimum atomic E-state index is -1.43. The van der Waals surface area contributed by atoms with Crippen LogP contribution in [0.4, 0.5) is 0 Å². The van der Waals surface area contributed by atoms with Gasteiger partial charge in [-0.2, -0.15) is 11.8 Å². The second-order valence-corrected chi connectivity index (χ2v) is 25.4. The molecule has 0 radical (unpaired) electrons. The van der Waals surface area contributed by atoms with Crippen molar-refractivity contribution in [2.75, 3.05) is 57.3 Å². The number of rotatable bonds is 20. The van der Waals surface area contributed by atoms with Gasteiger partial charge in [-0.05, 0) is 114 Å². The largest absolute Gasteiger partial charge is 0.480 e. The number of hydrogen-bond acceptors (Lipinski definition) is 17. The summed E-state index contributed by atoms with van der Waals surface area (Å²) in [6.45, 7) is 13.4. The summed E-state index contributed by atoms with van der Waals surface area (Å²) < 4.78 is 0. The summed E-state index contributed by atoms with van der Waals surface area (Å²) in [5.41, 5.74) is 11.4. The molecule has 0 bridgehead atoms. The number of carboxylic acids is 1. The van der Waals surface area contributed by atoms with Gasteiger partial charge in [-0.1, -0.05) is 55.4 Å². The number of carbonyl (C=O) groups is 14. The van der Waals surface area contributed by atoms with E-state index in [4.69, 9.17) is 11.5 Å². The molecule has 3 aliphatic rings. The van der Waals surface area contributed by atoms with Crippen molar-refractivity contribution in [1.29, 1.82) is 0 Å². The monoisotopic (exact) mass is 1260 g/mol. The lowest BCUT2D eigenvalue weighted by atomic mass is 10.00. The topological polar surface area (TPSA) is 450 Å². The molecule has 3 fully saturated rings. The first-order chi connectivity index (χ1) is 41.4. The highest BCUT2D eigenvalue weighted by Crippen LogP contribution is 2.22. The summed E-state index contributed by atoms with van der Waals surface area (Å²) in [5.74, 6) is -12.5. The molecule has 31 heteroatoms. The maximum atomic E-state index is 14.7. The summed E-state index contributed by atoms with van der Waals surface area (Å²) in [4.78, 5) is 194. The molecule has 0 aromatic rings. The lowest BCUT2D eigenvalue weighted by Gasteiger charge is -2.30. The van der Waals surface area contributed by atoms with Gasteiger partial charge in [0, 0.05) is 18.8 Å². The predicted molar refractivity (Wildman–Crippen MR) is 324 cm³/mol. The third kappa shape index (κ3) is 25.5. The number of aliphatic carboxylic acids is 1. The van der Waals surface area contributed by atoms with E-state index in [-0.39, 0.29) is 93.8 Å². The van der Waals surface area contributed by atoms with Crippen molar-refractivity contribution in [3.8, 4) is 0 Å². The molecule has 0 unspecified atom stereocenters. The third-order valence-corrected chi connectivity index (χ3v) is 15.9. The van der Waals surface area contributed by atoms with Gasteiger partial charge in [0.1, 0.15) is 60.9 Å². The smallest absolute Gasteiger partial charge is 0.322 e. The van der Waals surface area contributed by atoms with E-state index in [1.54, 1.807) is 55.4 Å². The average molecular weight is 1260 g/mol. The molecule has 3 heterocycles. The van der Waals surface area contributed by atoms with Crippen molar-refractivity contribution >= 4 is 94.5 Å². The van der Waals surface area contributed by atoms with Gasteiger partial charge < -0.3 is 84.9 Å². The Bertz CT molecular complexity index is 2470. The van der Waals surface area contributed by atoms with Crippen LogP contribution in [0.2, 0.25) is 0 Å². The average Bonchev–Trinajstić information content (AvgIpc) is 3.18. The van der Waals surface area contributed by atoms with E-state index in [1.165, 1.54) is 16.7 Å². The van der Waals surface area contributed by atoms with Gasteiger partial charge >= 0.3 is 5.97 Å². The fraction of sp³-hybridized carbons (Fsp3) is 0.754. The lowest BCUT2D eigenvalue weighted by Crippen LogP contribution is -2.59. The van der Waals surface area contributed by atoms with E-state index < -0.39 is 175 Å². The molecular formula is C57H97N15O15S. The molecule has 88 heavy (non-hydrogen) atoms. The number of likely N-dealkylation sites (tertiary alicyclic amines) is 2. The van der Waals surface area contributed by atoms with Gasteiger partial charge in [-0.15, -0.1) is 0 Å². The fourth-order valence-corrected chi connectivity index (χ4v) is 11.2. The number of carboxylic acid groups (broad SMARTS) is 1. The molecule has 3 rings (SSSR count). The molecule has 0 aromatic heterocycles. The Hall–Kier alpha value is -7.15. The molecule has 0 spiro atoms. The Morgan fingerprint density at radius 1 is 0.591 bits per heavy atom. The zero-order chi connectivity index (χ0) is 65.9. The minimum Gasteiger partial charge on any atom is -0.480 e. The van der Waals surface area contributed by atoms with E-state index in [2.05, 4.69) is 58.5 Å². The van der Waals surface area contributed by atoms with E-state index in [0.717, 1.165) is 11.8 Å². The van der Waals surface area contributed by atoms with Crippen LogP contribution < -0.4 is 70.0 Å². The molecule has 3 aliphatic heterocycles. The first-order valence-electron chi connectivity index (χ1n) is 30.5. The number of hydrogen-bond donors (Lipinski definition) is 14. The Morgan fingerprint density at radius 3 is 1.64 bits per heavy atom. The highest BCUT2D eigenvalue weighted by molar-refractivity contribution is 7.99. The fourth-order valence-electron chi connectivity index (χ4n) is 10.2. The zero-order valence-electron chi connectivity index (χ0n) is 52.3. The third-order valence-electron chi connectivity index (χ3n) is 14.8. The van der Waals surface area contributed by atoms with Crippen LogP contribution in [0.5, 0.6) is 0 Å². The zero-order valence-corrected chi connectivity index (χ0v) is 53.2. The van der Waals surface area contributed by atoms with Crippen molar-refractivity contribution in [2.24, 2.45) is 35.1 Å². The number of carbonyl (C=O) groups excluding carboxylic acids is 13. The SMILES string of the molecule is CC(C)C[C@@H]1NC(=O)[C@@H](NC(=O)[C@@H]2CCCN2C(=O)CNC(=O)[C@H](C)N)CCSC[C@@H](C(=O)N2CCC[C@H]2C(=O)NCC(=O)O)NC(=O)[C@H](CC(C)C)NC(=O)[C@H](CCCCN)NC(=O)CNC(=O)[C@H](CC(C)C)NC(=O)[C@H](C(C)C)NC(=O)CNC1=O. The van der Waals surface area contributed by atoms with Crippen molar-refractivity contribution in [3.63, 3.8) is 0 Å². The number of thioether (sulfide) groups is 1. The Morgan fingerprint density at radius 2 is 1.10 bits per heavy atom. The first-order valence-corrected chi connectivity index (χ1v) is 31.7. The van der Waals surface area contributed by atoms with Crippen LogP contribution in [0.3, 0.4) is 0 Å². The Kier molecular flexibility index (Phi) is 32.1. The molecule has 496 valence electrons. The lowest BCUT2D eigenvalue weighted by molar-refractivity contribution is -0.142. The quantitative estimate of drug-likeness (QED) is 0.0522. The molecule has 13 amide bonds. The van der Waals surface area contributed by atoms with Gasteiger partial charge in [0.05, 0.1) is 25.7 Å². The Balaban J connectivity index is 2.17. The number of amides is 13. The number of unbranched alkanes of at least 4 members (excludes halogenated alkanes) is 1. The maximum absolute atomic E-state index is 14.7. The van der Waals surface area contributed by atoms with Crippen LogP contribution in [0.1, 0.15) is 133 Å². The van der Waals surface area contributed by atoms with E-state index in [9.17, 15) is 72.2 Å². The molecule has 16 N–H and O–H groups in total. The second-order valence-electron chi connectivity index (χ2n) is 24.2. The normalized spacial score (nSPS) is 25.1. The van der Waals surface area contributed by atoms with Crippen LogP contribution in [0, 0.1) is 23.7 Å². The van der Waals surface area contributed by atoms with Crippen molar-refractivity contribution < 1.29 is 72.2 Å². The summed E-state index contributed by atoms with van der Waals surface area (Å²) in [5, 5.41) is 38.0. The second kappa shape index (κ2) is 37.6. The van der Waals surface area contributed by atoms with Crippen LogP contribution in [-0.2, 0) is 67.1 Å². The van der Waals surface area contributed by atoms with E-state index in [0.29, 0.717) is 25.7 Å². The molecule has 0 aliphatic carbocycles. The summed E-state index contributed by atoms with van der Waals surface area (Å²) in [7, 11) is 0. The molecule has 30 nitrogen and oxygen atoms in total. The van der Waals surface area contributed by atoms with Crippen LogP contribution in [0.15, 0.2) is 0 Å². The predicted octanol–water partition coefficient (Wildman–Crippen LogP) is -3.68. The summed E-state index contributed by atoms with van der Waals surface area (Å²) >= 11 is 1.05. The highest BCUT2D eigenvalue weighted by atomic mass is 32.2. The molecule has 10 atom stereocenters. The van der Waals surface area contributed by atoms with Gasteiger partial charge in [-0.25, -0.2) is 0 Å². The number of nitrogens with two attached hydrogens (primary N) is 2. The standard InChI is InChI=1S/C57H97N15O15S/c1-30(2)22-37-49(79)61-26-44(74)70-47(33(7)8)56(86)68-38(23-31(3)4)50(80)60-25-43(73)64-35(14-10-11-18-58)51(81)67-39(24-32(5)6)53(83)69-40(57(87)72-20-13-15-41(72)54(84)63-28-46(76)77)29-88-21-17-36(52(82)66-37)65-55(85)42-16-12-19-71(42)45(75)27-62-48(78)34(9)59/h30-42,47H,10-29,58-59H2,1-9H3,(H,60,80)(H,61,79)(H,62,78)(H,63,84)(H,64,73)(H,65,85)(H,66,82)(H,67,81)(H,68,86)(H,69,83)(H,70,74)(H,76,77)/t34-,35-,36-,37-,38-,39-,40-,41-,42-,47-/m0/s1. The molecule has 3 saturated heterocycles. The van der Waals surface area contributed by atoms with Gasteiger partial charge in [0.25, 0.3) is 0 Å². The van der Waals surface area contributed by atoms with Crippen LogP contribution in [-0.4, -0.2) is 215 Å². The van der Waals surface area contributed by atoms with E-state index in [1.807, 2.05) is 0 Å². The summed E-state index contributed by atoms with van der Waals surface area (Å²) in [6, 6.07) is -12.3. The first kappa shape index (κ1) is 75.1. The van der Waals surface area contributed by atoms with Crippen molar-refractivity contribution in [1.82, 2.24) is 68.3 Å². The molecule has 0 aromatic carbocycles. The van der Waals surface area contributed by atoms with Crippen molar-refractivity contribution in [3.05, 3.63) is 0 Å². The molecule has 0 saturated carbocycles. The Labute approximate surface area is 519 Å². The molecular weight excluding hydrogens is 1170 g/mol. The van der Waals surface area contributed by atoms with Crippen LogP contribution >= 0.6 is 11.8 Å². The van der Waals surface area contributed by atoms with Gasteiger partial charge in [0.15, 0.2) is 0 Å². The van der Waals surface area contributed by atoms with Gasteiger partial charge in [0.2, 0.25) is 76.8 Å². The van der Waals surface area contributed by atoms with Crippen LogP contribution in [0.25, 0.3) is 0 Å². The van der Waals surface area contributed by atoms with E-state index >= 15 is 0 Å². The number of nitrogens with one attached hydrogen (secondary N) is 11. The minimum absolute atomic E-state index is 0.0251.